The first kappa shape index (κ1) is 11.3. The zero-order valence-corrected chi connectivity index (χ0v) is 8.97. The van der Waals surface area contributed by atoms with Crippen molar-refractivity contribution in [2.75, 3.05) is 19.6 Å². The Kier molecular flexibility index (Phi) is 3.66. The zero-order valence-electron chi connectivity index (χ0n) is 8.97. The second-order valence-corrected chi connectivity index (χ2v) is 3.90. The summed E-state index contributed by atoms with van der Waals surface area (Å²) in [4.78, 5) is 13.0. The molecule has 1 aromatic carbocycles. The third-order valence-electron chi connectivity index (χ3n) is 2.78. The summed E-state index contributed by atoms with van der Waals surface area (Å²) in [6.07, 6.45) is 1.48. The molecule has 2 rings (SSSR count). The van der Waals surface area contributed by atoms with Crippen LogP contribution in [-0.2, 0) is 4.79 Å². The highest BCUT2D eigenvalue weighted by molar-refractivity contribution is 5.62. The van der Waals surface area contributed by atoms with E-state index in [0.29, 0.717) is 13.1 Å². The summed E-state index contributed by atoms with van der Waals surface area (Å²) in [5.41, 5.74) is 0.923. The van der Waals surface area contributed by atoms with Crippen LogP contribution >= 0.6 is 0 Å². The second kappa shape index (κ2) is 5.21. The van der Waals surface area contributed by atoms with Crippen LogP contribution in [0.3, 0.4) is 0 Å². The van der Waals surface area contributed by atoms with Crippen LogP contribution in [0.1, 0.15) is 11.6 Å². The van der Waals surface area contributed by atoms with Crippen LogP contribution in [0.4, 0.5) is 0 Å². The lowest BCUT2D eigenvalue weighted by Crippen LogP contribution is -2.51. The van der Waals surface area contributed by atoms with Crippen LogP contribution in [0.25, 0.3) is 0 Å². The van der Waals surface area contributed by atoms with Gasteiger partial charge in [-0.25, -0.2) is 0 Å². The van der Waals surface area contributed by atoms with Crippen molar-refractivity contribution in [3.05, 3.63) is 35.9 Å². The van der Waals surface area contributed by atoms with E-state index in [2.05, 4.69) is 5.32 Å². The van der Waals surface area contributed by atoms with Gasteiger partial charge in [-0.3, -0.25) is 15.0 Å². The van der Waals surface area contributed by atoms with E-state index in [-0.39, 0.29) is 6.04 Å². The van der Waals surface area contributed by atoms with Crippen molar-refractivity contribution in [1.29, 1.82) is 0 Å². The van der Waals surface area contributed by atoms with E-state index in [1.165, 1.54) is 0 Å². The lowest BCUT2D eigenvalue weighted by molar-refractivity contribution is 0.0451. The fraction of sp³-hybridized carbons (Fsp3) is 0.417. The SMILES string of the molecule is O=[C]C(c1ccccc1)N1CCNC(O)C1. The average Bonchev–Trinajstić information content (AvgIpc) is 2.31. The van der Waals surface area contributed by atoms with E-state index in [9.17, 15) is 9.90 Å². The van der Waals surface area contributed by atoms with Gasteiger partial charge in [0.15, 0.2) is 0 Å². The monoisotopic (exact) mass is 219 g/mol. The van der Waals surface area contributed by atoms with Gasteiger partial charge in [0.2, 0.25) is 6.29 Å². The molecule has 1 heterocycles. The molecule has 0 bridgehead atoms. The van der Waals surface area contributed by atoms with Gasteiger partial charge in [-0.05, 0) is 5.56 Å². The molecule has 1 aromatic rings. The first-order valence-electron chi connectivity index (χ1n) is 5.39. The number of piperazine rings is 1. The minimum atomic E-state index is -0.562. The molecule has 0 spiro atoms. The number of β-amino-alcohol motifs (C(OH)–C–C–N with tert-alkyl or cyclic N) is 1. The maximum absolute atomic E-state index is 11.0. The third-order valence-corrected chi connectivity index (χ3v) is 2.78. The smallest absolute Gasteiger partial charge is 0.222 e. The van der Waals surface area contributed by atoms with Gasteiger partial charge < -0.3 is 5.11 Å². The Morgan fingerprint density at radius 3 is 2.81 bits per heavy atom. The van der Waals surface area contributed by atoms with Crippen molar-refractivity contribution in [1.82, 2.24) is 10.2 Å². The van der Waals surface area contributed by atoms with Gasteiger partial charge in [-0.2, -0.15) is 0 Å². The standard InChI is InChI=1S/C12H15N2O2/c15-9-11(10-4-2-1-3-5-10)14-7-6-13-12(16)8-14/h1-5,11-13,16H,6-8H2. The summed E-state index contributed by atoms with van der Waals surface area (Å²) >= 11 is 0. The van der Waals surface area contributed by atoms with Crippen molar-refractivity contribution >= 4 is 6.29 Å². The fourth-order valence-electron chi connectivity index (χ4n) is 1.98. The predicted molar refractivity (Wildman–Crippen MR) is 60.5 cm³/mol. The van der Waals surface area contributed by atoms with Gasteiger partial charge in [0.05, 0.1) is 0 Å². The van der Waals surface area contributed by atoms with Gasteiger partial charge >= 0.3 is 0 Å². The number of rotatable bonds is 3. The molecule has 2 N–H and O–H groups in total. The summed E-state index contributed by atoms with van der Waals surface area (Å²) in [6.45, 7) is 1.88. The molecular formula is C12H15N2O2. The number of hydrogen-bond acceptors (Lipinski definition) is 4. The van der Waals surface area contributed by atoms with Crippen LogP contribution in [-0.4, -0.2) is 42.2 Å². The van der Waals surface area contributed by atoms with Crippen LogP contribution in [0.5, 0.6) is 0 Å². The summed E-state index contributed by atoms with van der Waals surface area (Å²) in [5, 5.41) is 12.4. The molecule has 0 saturated carbocycles. The van der Waals surface area contributed by atoms with Crippen LogP contribution in [0, 0.1) is 0 Å². The maximum atomic E-state index is 11.0. The van der Waals surface area contributed by atoms with E-state index < -0.39 is 6.23 Å². The second-order valence-electron chi connectivity index (χ2n) is 3.90. The van der Waals surface area contributed by atoms with Crippen molar-refractivity contribution in [2.24, 2.45) is 0 Å². The number of nitrogens with one attached hydrogen (secondary N) is 1. The molecule has 0 amide bonds. The van der Waals surface area contributed by atoms with E-state index in [0.717, 1.165) is 12.1 Å². The van der Waals surface area contributed by atoms with Gasteiger partial charge in [-0.1, -0.05) is 30.3 Å². The van der Waals surface area contributed by atoms with E-state index in [4.69, 9.17) is 0 Å². The molecular weight excluding hydrogens is 204 g/mol. The Bertz CT molecular complexity index is 342. The molecule has 85 valence electrons. The summed E-state index contributed by atoms with van der Waals surface area (Å²) in [7, 11) is 0. The molecule has 4 heteroatoms. The van der Waals surface area contributed by atoms with Crippen LogP contribution in [0.15, 0.2) is 30.3 Å². The van der Waals surface area contributed by atoms with E-state index in [1.54, 1.807) is 0 Å². The third kappa shape index (κ3) is 2.47. The molecule has 0 aromatic heterocycles. The Labute approximate surface area is 94.9 Å². The Hall–Kier alpha value is -1.23. The van der Waals surface area contributed by atoms with Crippen molar-refractivity contribution in [3.8, 4) is 0 Å². The van der Waals surface area contributed by atoms with Crippen LogP contribution < -0.4 is 5.32 Å². The molecule has 1 radical (unpaired) electrons. The number of aliphatic hydroxyl groups excluding tert-OH is 1. The summed E-state index contributed by atoms with van der Waals surface area (Å²) in [6, 6.07) is 9.15. The number of hydrogen-bond donors (Lipinski definition) is 2. The number of aliphatic hydroxyl groups is 1. The minimum Gasteiger partial charge on any atom is -0.377 e. The van der Waals surface area contributed by atoms with Crippen molar-refractivity contribution in [3.63, 3.8) is 0 Å². The molecule has 1 fully saturated rings. The van der Waals surface area contributed by atoms with E-state index in [1.807, 2.05) is 41.5 Å². The Morgan fingerprint density at radius 1 is 1.44 bits per heavy atom. The molecule has 1 aliphatic rings. The molecule has 2 unspecified atom stereocenters. The minimum absolute atomic E-state index is 0.377. The molecule has 2 atom stereocenters. The first-order valence-corrected chi connectivity index (χ1v) is 5.39. The number of carbonyl (C=O) groups excluding carboxylic acids is 1. The van der Waals surface area contributed by atoms with Crippen molar-refractivity contribution < 1.29 is 9.90 Å². The summed E-state index contributed by atoms with van der Waals surface area (Å²) < 4.78 is 0. The Balaban J connectivity index is 2.13. The zero-order chi connectivity index (χ0) is 11.4. The Morgan fingerprint density at radius 2 is 2.19 bits per heavy atom. The lowest BCUT2D eigenvalue weighted by atomic mass is 10.1. The van der Waals surface area contributed by atoms with Gasteiger partial charge in [0.25, 0.3) is 0 Å². The molecule has 1 saturated heterocycles. The van der Waals surface area contributed by atoms with Gasteiger partial charge in [0, 0.05) is 19.6 Å². The molecule has 16 heavy (non-hydrogen) atoms. The first-order chi connectivity index (χ1) is 7.81. The normalized spacial score (nSPS) is 23.9. The molecule has 0 aliphatic carbocycles. The highest BCUT2D eigenvalue weighted by Crippen LogP contribution is 2.19. The van der Waals surface area contributed by atoms with Gasteiger partial charge in [0.1, 0.15) is 12.3 Å². The highest BCUT2D eigenvalue weighted by Gasteiger charge is 2.25. The highest BCUT2D eigenvalue weighted by atomic mass is 16.3. The van der Waals surface area contributed by atoms with Crippen LogP contribution in [0.2, 0.25) is 0 Å². The number of nitrogens with zero attached hydrogens (tertiary/aromatic N) is 1. The predicted octanol–water partition coefficient (Wildman–Crippen LogP) is 0.0610. The number of benzene rings is 1. The average molecular weight is 219 g/mol. The molecule has 1 aliphatic heterocycles. The largest absolute Gasteiger partial charge is 0.377 e. The quantitative estimate of drug-likeness (QED) is 0.755. The summed E-state index contributed by atoms with van der Waals surface area (Å²) in [5.74, 6) is 0. The lowest BCUT2D eigenvalue weighted by Gasteiger charge is -2.34. The maximum Gasteiger partial charge on any atom is 0.222 e. The van der Waals surface area contributed by atoms with E-state index >= 15 is 0 Å². The molecule has 4 nitrogen and oxygen atoms in total. The van der Waals surface area contributed by atoms with Crippen molar-refractivity contribution in [2.45, 2.75) is 12.3 Å². The van der Waals surface area contributed by atoms with Gasteiger partial charge in [-0.15, -0.1) is 0 Å². The topological polar surface area (TPSA) is 52.6 Å². The fourth-order valence-corrected chi connectivity index (χ4v) is 1.98.